The molecule has 0 bridgehead atoms. The molecule has 4 heteroatoms. The molecule has 2 saturated carbocycles. The lowest BCUT2D eigenvalue weighted by atomic mass is 10.0. The van der Waals surface area contributed by atoms with Gasteiger partial charge in [-0.15, -0.1) is 0 Å². The molecule has 4 nitrogen and oxygen atoms in total. The van der Waals surface area contributed by atoms with Gasteiger partial charge in [0.15, 0.2) is 0 Å². The monoisotopic (exact) mass is 296 g/mol. The van der Waals surface area contributed by atoms with E-state index in [1.54, 1.807) is 0 Å². The Morgan fingerprint density at radius 1 is 1.05 bits per heavy atom. The molecule has 0 spiro atoms. The zero-order valence-corrected chi connectivity index (χ0v) is 14.1. The average molecular weight is 296 g/mol. The summed E-state index contributed by atoms with van der Waals surface area (Å²) in [6, 6.07) is 1.15. The third kappa shape index (κ3) is 5.85. The van der Waals surface area contributed by atoms with Gasteiger partial charge in [0.1, 0.15) is 5.60 Å². The van der Waals surface area contributed by atoms with Crippen molar-refractivity contribution >= 4 is 6.09 Å². The van der Waals surface area contributed by atoms with Crippen molar-refractivity contribution in [1.82, 2.24) is 10.6 Å². The van der Waals surface area contributed by atoms with Gasteiger partial charge in [-0.3, -0.25) is 0 Å². The quantitative estimate of drug-likeness (QED) is 0.779. The minimum atomic E-state index is -0.432. The maximum atomic E-state index is 12.1. The smallest absolute Gasteiger partial charge is 0.407 e. The van der Waals surface area contributed by atoms with Gasteiger partial charge < -0.3 is 15.4 Å². The van der Waals surface area contributed by atoms with Crippen molar-refractivity contribution < 1.29 is 9.53 Å². The molecule has 0 heterocycles. The molecule has 122 valence electrons. The molecule has 0 aromatic heterocycles. The molecule has 0 aromatic rings. The van der Waals surface area contributed by atoms with Gasteiger partial charge in [0.05, 0.1) is 0 Å². The molecule has 2 aliphatic rings. The fourth-order valence-corrected chi connectivity index (χ4v) is 3.21. The van der Waals surface area contributed by atoms with Gasteiger partial charge in [-0.1, -0.05) is 19.3 Å². The first-order valence-electron chi connectivity index (χ1n) is 8.61. The zero-order valence-electron chi connectivity index (χ0n) is 14.1. The minimum Gasteiger partial charge on any atom is -0.444 e. The van der Waals surface area contributed by atoms with Gasteiger partial charge in [0.25, 0.3) is 0 Å². The van der Waals surface area contributed by atoms with Gasteiger partial charge in [0, 0.05) is 18.1 Å². The zero-order chi connectivity index (χ0) is 15.5. The van der Waals surface area contributed by atoms with E-state index in [2.05, 4.69) is 17.6 Å². The van der Waals surface area contributed by atoms with E-state index in [1.807, 2.05) is 20.8 Å². The van der Waals surface area contributed by atoms with Gasteiger partial charge in [0.2, 0.25) is 0 Å². The van der Waals surface area contributed by atoms with Crippen LogP contribution in [-0.4, -0.2) is 29.8 Å². The summed E-state index contributed by atoms with van der Waals surface area (Å²) >= 11 is 0. The van der Waals surface area contributed by atoms with Gasteiger partial charge in [-0.2, -0.15) is 0 Å². The number of rotatable bonds is 4. The van der Waals surface area contributed by atoms with Gasteiger partial charge in [-0.05, 0) is 59.3 Å². The van der Waals surface area contributed by atoms with E-state index in [4.69, 9.17) is 4.74 Å². The van der Waals surface area contributed by atoms with Crippen LogP contribution in [0.1, 0.15) is 72.6 Å². The molecular formula is C17H32N2O2. The lowest BCUT2D eigenvalue weighted by Gasteiger charge is -2.31. The summed E-state index contributed by atoms with van der Waals surface area (Å²) in [7, 11) is 0. The Bertz CT molecular complexity index is 347. The summed E-state index contributed by atoms with van der Waals surface area (Å²) in [5, 5.41) is 6.88. The third-order valence-corrected chi connectivity index (χ3v) is 4.52. The van der Waals surface area contributed by atoms with Crippen LogP contribution in [-0.2, 0) is 4.74 Å². The highest BCUT2D eigenvalue weighted by molar-refractivity contribution is 5.68. The van der Waals surface area contributed by atoms with Crippen LogP contribution in [0.15, 0.2) is 0 Å². The second-order valence-electron chi connectivity index (χ2n) is 7.79. The normalized spacial score (nSPS) is 28.6. The topological polar surface area (TPSA) is 50.4 Å². The largest absolute Gasteiger partial charge is 0.444 e. The van der Waals surface area contributed by atoms with E-state index in [0.717, 1.165) is 18.8 Å². The number of hydrogen-bond donors (Lipinski definition) is 2. The van der Waals surface area contributed by atoms with Crippen molar-refractivity contribution in [1.29, 1.82) is 0 Å². The van der Waals surface area contributed by atoms with Crippen molar-refractivity contribution in [2.75, 3.05) is 0 Å². The molecule has 2 rings (SSSR count). The van der Waals surface area contributed by atoms with E-state index >= 15 is 0 Å². The van der Waals surface area contributed by atoms with Crippen molar-refractivity contribution in [3.63, 3.8) is 0 Å². The molecule has 0 aliphatic heterocycles. The number of carbonyl (C=O) groups is 1. The van der Waals surface area contributed by atoms with Crippen LogP contribution in [0.3, 0.4) is 0 Å². The second kappa shape index (κ2) is 6.99. The Morgan fingerprint density at radius 2 is 1.67 bits per heavy atom. The van der Waals surface area contributed by atoms with E-state index in [-0.39, 0.29) is 12.1 Å². The fraction of sp³-hybridized carbons (Fsp3) is 0.941. The molecule has 2 aliphatic carbocycles. The molecule has 3 atom stereocenters. The molecule has 2 N–H and O–H groups in total. The van der Waals surface area contributed by atoms with Gasteiger partial charge in [-0.25, -0.2) is 4.79 Å². The summed E-state index contributed by atoms with van der Waals surface area (Å²) in [6.45, 7) is 8.01. The number of carbonyl (C=O) groups excluding carboxylic acids is 1. The lowest BCUT2D eigenvalue weighted by molar-refractivity contribution is 0.0487. The average Bonchev–Trinajstić information content (AvgIpc) is 3.15. The van der Waals surface area contributed by atoms with Crippen molar-refractivity contribution in [2.24, 2.45) is 5.92 Å². The Hall–Kier alpha value is -0.770. The summed E-state index contributed by atoms with van der Waals surface area (Å²) < 4.78 is 5.42. The van der Waals surface area contributed by atoms with Crippen molar-refractivity contribution in [3.8, 4) is 0 Å². The molecule has 1 amide bonds. The Kier molecular flexibility index (Phi) is 5.53. The number of alkyl carbamates (subject to hydrolysis) is 1. The molecule has 0 radical (unpaired) electrons. The number of ether oxygens (including phenoxy) is 1. The van der Waals surface area contributed by atoms with Crippen LogP contribution in [0.2, 0.25) is 0 Å². The molecular weight excluding hydrogens is 264 g/mol. The number of amides is 1. The summed E-state index contributed by atoms with van der Waals surface area (Å²) in [6.07, 6.45) is 8.34. The van der Waals surface area contributed by atoms with Crippen molar-refractivity contribution in [2.45, 2.75) is 96.4 Å². The highest BCUT2D eigenvalue weighted by Crippen LogP contribution is 2.33. The number of hydrogen-bond acceptors (Lipinski definition) is 3. The van der Waals surface area contributed by atoms with Crippen LogP contribution < -0.4 is 10.6 Å². The van der Waals surface area contributed by atoms with Gasteiger partial charge >= 0.3 is 6.09 Å². The van der Waals surface area contributed by atoms with Crippen LogP contribution in [0.4, 0.5) is 4.79 Å². The second-order valence-corrected chi connectivity index (χ2v) is 7.79. The lowest BCUT2D eigenvalue weighted by Crippen LogP contribution is -2.53. The first-order valence-corrected chi connectivity index (χ1v) is 8.61. The van der Waals surface area contributed by atoms with Crippen LogP contribution in [0.5, 0.6) is 0 Å². The predicted molar refractivity (Wildman–Crippen MR) is 85.4 cm³/mol. The first-order chi connectivity index (χ1) is 9.85. The molecule has 0 saturated heterocycles. The molecule has 2 fully saturated rings. The van der Waals surface area contributed by atoms with E-state index in [1.165, 1.54) is 32.1 Å². The number of nitrogens with one attached hydrogen (secondary N) is 2. The van der Waals surface area contributed by atoms with Crippen molar-refractivity contribution in [3.05, 3.63) is 0 Å². The van der Waals surface area contributed by atoms with E-state index < -0.39 is 5.60 Å². The SMILES string of the molecule is CC(NC1CCCCCC1NC(=O)OC(C)(C)C)C1CC1. The maximum absolute atomic E-state index is 12.1. The molecule has 3 unspecified atom stereocenters. The molecule has 21 heavy (non-hydrogen) atoms. The highest BCUT2D eigenvalue weighted by atomic mass is 16.6. The minimum absolute atomic E-state index is 0.198. The van der Waals surface area contributed by atoms with E-state index in [9.17, 15) is 4.79 Å². The third-order valence-electron chi connectivity index (χ3n) is 4.52. The summed E-state index contributed by atoms with van der Waals surface area (Å²) in [4.78, 5) is 12.1. The first kappa shape index (κ1) is 16.6. The van der Waals surface area contributed by atoms with Crippen LogP contribution in [0.25, 0.3) is 0 Å². The highest BCUT2D eigenvalue weighted by Gasteiger charge is 2.33. The van der Waals surface area contributed by atoms with Crippen LogP contribution >= 0.6 is 0 Å². The molecule has 0 aromatic carbocycles. The Morgan fingerprint density at radius 3 is 2.24 bits per heavy atom. The summed E-state index contributed by atoms with van der Waals surface area (Å²) in [5.41, 5.74) is -0.432. The maximum Gasteiger partial charge on any atom is 0.407 e. The standard InChI is InChI=1S/C17H32N2O2/c1-12(13-10-11-13)18-14-8-6-5-7-9-15(14)19-16(20)21-17(2,3)4/h12-15,18H,5-11H2,1-4H3,(H,19,20). The van der Waals surface area contributed by atoms with Crippen LogP contribution in [0, 0.1) is 5.92 Å². The Balaban J connectivity index is 1.89. The fourth-order valence-electron chi connectivity index (χ4n) is 3.21. The van der Waals surface area contributed by atoms with E-state index in [0.29, 0.717) is 12.1 Å². The predicted octanol–water partition coefficient (Wildman–Crippen LogP) is 3.60. The summed E-state index contributed by atoms with van der Waals surface area (Å²) in [5.74, 6) is 0.843. The Labute approximate surface area is 129 Å².